The minimum absolute atomic E-state index is 0.00182. The summed E-state index contributed by atoms with van der Waals surface area (Å²) < 4.78 is 1.92. The molecular weight excluding hydrogens is 248 g/mol. The van der Waals surface area contributed by atoms with Gasteiger partial charge in [0.25, 0.3) is 0 Å². The number of fused-ring (bicyclic) bond motifs is 1. The molecule has 2 aromatic rings. The van der Waals surface area contributed by atoms with Crippen LogP contribution < -0.4 is 5.32 Å². The van der Waals surface area contributed by atoms with Crippen LogP contribution in [0.1, 0.15) is 43.5 Å². The van der Waals surface area contributed by atoms with Gasteiger partial charge in [-0.15, -0.1) is 5.10 Å². The van der Waals surface area contributed by atoms with Crippen LogP contribution in [-0.2, 0) is 18.5 Å². The quantitative estimate of drug-likeness (QED) is 0.928. The van der Waals surface area contributed by atoms with E-state index in [9.17, 15) is 0 Å². The lowest BCUT2D eigenvalue weighted by Crippen LogP contribution is -2.28. The first-order valence-electron chi connectivity index (χ1n) is 7.24. The van der Waals surface area contributed by atoms with Gasteiger partial charge in [0.15, 0.2) is 0 Å². The van der Waals surface area contributed by atoms with Gasteiger partial charge in [-0.05, 0) is 38.3 Å². The van der Waals surface area contributed by atoms with Crippen molar-refractivity contribution >= 4 is 0 Å². The van der Waals surface area contributed by atoms with Crippen molar-refractivity contribution < 1.29 is 0 Å². The standard InChI is InChI=1S/C16H22N4/c1-16(2,3)20-11-14(18-19-20)10-17-9-13-8-12-6-4-5-7-15(12)13/h4-7,11,13,17H,8-10H2,1-3H3. The van der Waals surface area contributed by atoms with Crippen molar-refractivity contribution in [2.45, 2.75) is 45.2 Å². The van der Waals surface area contributed by atoms with Crippen molar-refractivity contribution in [3.05, 3.63) is 47.3 Å². The van der Waals surface area contributed by atoms with E-state index in [1.807, 2.05) is 10.9 Å². The van der Waals surface area contributed by atoms with Gasteiger partial charge < -0.3 is 5.32 Å². The van der Waals surface area contributed by atoms with Crippen LogP contribution in [0.2, 0.25) is 0 Å². The Morgan fingerprint density at radius 3 is 2.80 bits per heavy atom. The van der Waals surface area contributed by atoms with E-state index in [-0.39, 0.29) is 5.54 Å². The third-order valence-electron chi connectivity index (χ3n) is 3.89. The summed E-state index contributed by atoms with van der Waals surface area (Å²) in [6.07, 6.45) is 3.22. The molecular formula is C16H22N4. The summed E-state index contributed by atoms with van der Waals surface area (Å²) in [7, 11) is 0. The average molecular weight is 270 g/mol. The molecule has 1 aromatic heterocycles. The summed E-state index contributed by atoms with van der Waals surface area (Å²) in [4.78, 5) is 0. The van der Waals surface area contributed by atoms with Gasteiger partial charge in [0.1, 0.15) is 0 Å². The lowest BCUT2D eigenvalue weighted by Gasteiger charge is -2.30. The molecule has 0 saturated carbocycles. The van der Waals surface area contributed by atoms with E-state index in [2.05, 4.69) is 60.7 Å². The fraction of sp³-hybridized carbons (Fsp3) is 0.500. The van der Waals surface area contributed by atoms with Crippen molar-refractivity contribution in [3.63, 3.8) is 0 Å². The number of benzene rings is 1. The van der Waals surface area contributed by atoms with E-state index < -0.39 is 0 Å². The van der Waals surface area contributed by atoms with E-state index in [1.54, 1.807) is 0 Å². The summed E-state index contributed by atoms with van der Waals surface area (Å²) in [6, 6.07) is 8.70. The van der Waals surface area contributed by atoms with Gasteiger partial charge in [0, 0.05) is 19.0 Å². The summed E-state index contributed by atoms with van der Waals surface area (Å²) in [5.41, 5.74) is 4.00. The second kappa shape index (κ2) is 5.02. The molecule has 1 unspecified atom stereocenters. The first-order chi connectivity index (χ1) is 9.54. The Hall–Kier alpha value is -1.68. The molecule has 0 amide bonds. The zero-order chi connectivity index (χ0) is 14.2. The number of hydrogen-bond acceptors (Lipinski definition) is 3. The lowest BCUT2D eigenvalue weighted by atomic mass is 9.77. The monoisotopic (exact) mass is 270 g/mol. The lowest BCUT2D eigenvalue weighted by molar-refractivity contribution is 0.347. The summed E-state index contributed by atoms with van der Waals surface area (Å²) in [6.45, 7) is 8.19. The van der Waals surface area contributed by atoms with Crippen LogP contribution >= 0.6 is 0 Å². The molecule has 4 nitrogen and oxygen atoms in total. The first-order valence-corrected chi connectivity index (χ1v) is 7.24. The summed E-state index contributed by atoms with van der Waals surface area (Å²) >= 11 is 0. The SMILES string of the molecule is CC(C)(C)n1cc(CNCC2Cc3ccccc32)nn1. The molecule has 1 atom stereocenters. The molecule has 1 aliphatic carbocycles. The second-order valence-corrected chi connectivity index (χ2v) is 6.56. The van der Waals surface area contributed by atoms with Crippen LogP contribution in [0, 0.1) is 0 Å². The van der Waals surface area contributed by atoms with Crippen LogP contribution in [0.3, 0.4) is 0 Å². The number of aromatic nitrogens is 3. The Bertz CT molecular complexity index is 595. The molecule has 20 heavy (non-hydrogen) atoms. The predicted octanol–water partition coefficient (Wildman–Crippen LogP) is 2.46. The molecule has 0 aliphatic heterocycles. The normalized spacial score (nSPS) is 17.6. The first kappa shape index (κ1) is 13.3. The van der Waals surface area contributed by atoms with Crippen LogP contribution in [0.4, 0.5) is 0 Å². The Balaban J connectivity index is 1.51. The van der Waals surface area contributed by atoms with Gasteiger partial charge in [-0.3, -0.25) is 0 Å². The van der Waals surface area contributed by atoms with Crippen molar-refractivity contribution in [2.24, 2.45) is 0 Å². The third kappa shape index (κ3) is 2.61. The van der Waals surface area contributed by atoms with E-state index in [1.165, 1.54) is 17.5 Å². The maximum atomic E-state index is 4.22. The summed E-state index contributed by atoms with van der Waals surface area (Å²) in [5, 5.41) is 11.9. The third-order valence-corrected chi connectivity index (χ3v) is 3.89. The number of hydrogen-bond donors (Lipinski definition) is 1. The highest BCUT2D eigenvalue weighted by Crippen LogP contribution is 2.33. The van der Waals surface area contributed by atoms with E-state index in [0.29, 0.717) is 5.92 Å². The number of rotatable bonds is 4. The van der Waals surface area contributed by atoms with Gasteiger partial charge in [-0.25, -0.2) is 4.68 Å². The van der Waals surface area contributed by atoms with Crippen molar-refractivity contribution in [1.82, 2.24) is 20.3 Å². The van der Waals surface area contributed by atoms with Crippen LogP contribution in [0.5, 0.6) is 0 Å². The van der Waals surface area contributed by atoms with Crippen LogP contribution in [-0.4, -0.2) is 21.5 Å². The molecule has 1 aliphatic rings. The van der Waals surface area contributed by atoms with Gasteiger partial charge in [0.05, 0.1) is 17.4 Å². The molecule has 0 radical (unpaired) electrons. The Kier molecular flexibility index (Phi) is 3.34. The Morgan fingerprint density at radius 2 is 2.10 bits per heavy atom. The fourth-order valence-corrected chi connectivity index (χ4v) is 2.63. The number of nitrogens with zero attached hydrogens (tertiary/aromatic N) is 3. The highest BCUT2D eigenvalue weighted by atomic mass is 15.4. The minimum Gasteiger partial charge on any atom is -0.310 e. The van der Waals surface area contributed by atoms with E-state index >= 15 is 0 Å². The Morgan fingerprint density at radius 1 is 1.30 bits per heavy atom. The molecule has 1 heterocycles. The fourth-order valence-electron chi connectivity index (χ4n) is 2.63. The molecule has 0 saturated heterocycles. The zero-order valence-electron chi connectivity index (χ0n) is 12.4. The molecule has 0 spiro atoms. The molecule has 4 heteroatoms. The van der Waals surface area contributed by atoms with Crippen LogP contribution in [0.25, 0.3) is 0 Å². The topological polar surface area (TPSA) is 42.7 Å². The average Bonchev–Trinajstić information content (AvgIpc) is 2.83. The number of nitrogens with one attached hydrogen (secondary N) is 1. The van der Waals surface area contributed by atoms with Gasteiger partial charge in [-0.1, -0.05) is 29.5 Å². The van der Waals surface area contributed by atoms with E-state index in [0.717, 1.165) is 18.8 Å². The largest absolute Gasteiger partial charge is 0.310 e. The zero-order valence-corrected chi connectivity index (χ0v) is 12.4. The van der Waals surface area contributed by atoms with Crippen molar-refractivity contribution in [1.29, 1.82) is 0 Å². The molecule has 0 bridgehead atoms. The van der Waals surface area contributed by atoms with Gasteiger partial charge in [0.2, 0.25) is 0 Å². The van der Waals surface area contributed by atoms with E-state index in [4.69, 9.17) is 0 Å². The molecule has 3 rings (SSSR count). The summed E-state index contributed by atoms with van der Waals surface area (Å²) in [5.74, 6) is 0.656. The van der Waals surface area contributed by atoms with Crippen molar-refractivity contribution in [2.75, 3.05) is 6.54 Å². The molecule has 1 aromatic carbocycles. The minimum atomic E-state index is -0.00182. The molecule has 1 N–H and O–H groups in total. The highest BCUT2D eigenvalue weighted by molar-refractivity contribution is 5.40. The predicted molar refractivity (Wildman–Crippen MR) is 79.6 cm³/mol. The van der Waals surface area contributed by atoms with Crippen molar-refractivity contribution in [3.8, 4) is 0 Å². The van der Waals surface area contributed by atoms with Gasteiger partial charge >= 0.3 is 0 Å². The van der Waals surface area contributed by atoms with Crippen LogP contribution in [0.15, 0.2) is 30.5 Å². The highest BCUT2D eigenvalue weighted by Gasteiger charge is 2.24. The maximum Gasteiger partial charge on any atom is 0.0965 e. The molecule has 0 fully saturated rings. The molecule has 106 valence electrons. The second-order valence-electron chi connectivity index (χ2n) is 6.56. The smallest absolute Gasteiger partial charge is 0.0965 e. The van der Waals surface area contributed by atoms with Gasteiger partial charge in [-0.2, -0.15) is 0 Å². The Labute approximate surface area is 120 Å². The maximum absolute atomic E-state index is 4.22.